The summed E-state index contributed by atoms with van der Waals surface area (Å²) in [6.45, 7) is 15.4. The molecule has 0 bridgehead atoms. The number of para-hydroxylation sites is 1. The number of ether oxygens (including phenoxy) is 1. The summed E-state index contributed by atoms with van der Waals surface area (Å²) in [5, 5.41) is 5.71. The number of aryl methyl sites for hydroxylation is 4. The minimum Gasteiger partial charge on any atom is -0.444 e. The van der Waals surface area contributed by atoms with Crippen LogP contribution in [-0.4, -0.2) is 41.5 Å². The summed E-state index contributed by atoms with van der Waals surface area (Å²) in [7, 11) is 0. The Bertz CT molecular complexity index is 1120. The summed E-state index contributed by atoms with van der Waals surface area (Å²) in [4.78, 5) is 41.7. The second-order valence-electron chi connectivity index (χ2n) is 11.4. The van der Waals surface area contributed by atoms with E-state index in [1.54, 1.807) is 25.7 Å². The van der Waals surface area contributed by atoms with Gasteiger partial charge in [-0.3, -0.25) is 9.59 Å². The number of rotatable bonds is 12. The summed E-state index contributed by atoms with van der Waals surface area (Å²) in [5.74, 6) is -0.612. The molecule has 214 valence electrons. The predicted octanol–water partition coefficient (Wildman–Crippen LogP) is 6.92. The standard InChI is InChI=1S/C32H47N3O4/c1-9-10-11-12-13-19-35(27(36)21-33-31(38)39-32(6,7)8)29(26-20-22(2)17-18-23(26)3)30(37)34-28-24(4)15-14-16-25(28)5/h14-18,20,29H,9-13,19,21H2,1-8H3,(H,33,38)(H,34,37). The van der Waals surface area contributed by atoms with Crippen LogP contribution in [-0.2, 0) is 14.3 Å². The number of amides is 3. The molecule has 0 aromatic heterocycles. The largest absolute Gasteiger partial charge is 0.444 e. The molecular formula is C32H47N3O4. The number of nitrogens with one attached hydrogen (secondary N) is 2. The lowest BCUT2D eigenvalue weighted by Gasteiger charge is -2.33. The third-order valence-corrected chi connectivity index (χ3v) is 6.62. The molecule has 3 amide bonds. The molecule has 1 atom stereocenters. The van der Waals surface area contributed by atoms with E-state index in [0.717, 1.165) is 65.6 Å². The SMILES string of the molecule is CCCCCCCN(C(=O)CNC(=O)OC(C)(C)C)C(C(=O)Nc1c(C)cccc1C)c1cc(C)ccc1C. The van der Waals surface area contributed by atoms with Gasteiger partial charge >= 0.3 is 6.09 Å². The van der Waals surface area contributed by atoms with Crippen molar-refractivity contribution < 1.29 is 19.1 Å². The van der Waals surface area contributed by atoms with Crippen LogP contribution in [0.1, 0.15) is 93.7 Å². The van der Waals surface area contributed by atoms with E-state index in [0.29, 0.717) is 6.54 Å². The fourth-order valence-electron chi connectivity index (χ4n) is 4.56. The van der Waals surface area contributed by atoms with Gasteiger partial charge in [0.25, 0.3) is 5.91 Å². The smallest absolute Gasteiger partial charge is 0.408 e. The maximum Gasteiger partial charge on any atom is 0.408 e. The van der Waals surface area contributed by atoms with E-state index in [1.807, 2.05) is 64.1 Å². The number of alkyl carbamates (subject to hydrolysis) is 1. The van der Waals surface area contributed by atoms with Crippen molar-refractivity contribution in [3.05, 3.63) is 64.2 Å². The zero-order valence-electron chi connectivity index (χ0n) is 25.1. The van der Waals surface area contributed by atoms with E-state index in [2.05, 4.69) is 17.6 Å². The second-order valence-corrected chi connectivity index (χ2v) is 11.4. The van der Waals surface area contributed by atoms with Crippen LogP contribution < -0.4 is 10.6 Å². The zero-order chi connectivity index (χ0) is 29.2. The highest BCUT2D eigenvalue weighted by Crippen LogP contribution is 2.29. The molecule has 0 aliphatic rings. The lowest BCUT2D eigenvalue weighted by molar-refractivity contribution is -0.138. The highest BCUT2D eigenvalue weighted by atomic mass is 16.6. The van der Waals surface area contributed by atoms with Gasteiger partial charge in [0.2, 0.25) is 5.91 Å². The van der Waals surface area contributed by atoms with Crippen LogP contribution in [0.5, 0.6) is 0 Å². The third-order valence-electron chi connectivity index (χ3n) is 6.62. The van der Waals surface area contributed by atoms with Gasteiger partial charge in [-0.15, -0.1) is 0 Å². The number of nitrogens with zero attached hydrogens (tertiary/aromatic N) is 1. The molecule has 2 rings (SSSR count). The van der Waals surface area contributed by atoms with Gasteiger partial charge < -0.3 is 20.3 Å². The molecule has 0 spiro atoms. The first-order valence-electron chi connectivity index (χ1n) is 14.0. The second kappa shape index (κ2) is 14.7. The van der Waals surface area contributed by atoms with Gasteiger partial charge in [0.05, 0.1) is 0 Å². The summed E-state index contributed by atoms with van der Waals surface area (Å²) in [5.41, 5.74) is 4.67. The number of hydrogen-bond acceptors (Lipinski definition) is 4. The highest BCUT2D eigenvalue weighted by Gasteiger charge is 2.33. The average molecular weight is 538 g/mol. The Hall–Kier alpha value is -3.35. The molecule has 0 saturated heterocycles. The molecule has 7 heteroatoms. The van der Waals surface area contributed by atoms with Crippen LogP contribution in [0.15, 0.2) is 36.4 Å². The van der Waals surface area contributed by atoms with E-state index < -0.39 is 17.7 Å². The van der Waals surface area contributed by atoms with E-state index in [9.17, 15) is 14.4 Å². The molecule has 7 nitrogen and oxygen atoms in total. The van der Waals surface area contributed by atoms with Gasteiger partial charge in [-0.25, -0.2) is 4.79 Å². The van der Waals surface area contributed by atoms with Crippen molar-refractivity contribution in [1.29, 1.82) is 0 Å². The van der Waals surface area contributed by atoms with Gasteiger partial charge in [-0.1, -0.05) is 74.6 Å². The van der Waals surface area contributed by atoms with Crippen LogP contribution in [0.3, 0.4) is 0 Å². The topological polar surface area (TPSA) is 87.7 Å². The number of carbonyl (C=O) groups excluding carboxylic acids is 3. The molecule has 0 radical (unpaired) electrons. The molecule has 2 N–H and O–H groups in total. The monoisotopic (exact) mass is 537 g/mol. The van der Waals surface area contributed by atoms with Crippen molar-refractivity contribution in [2.45, 2.75) is 99.1 Å². The van der Waals surface area contributed by atoms with Gasteiger partial charge in [0, 0.05) is 12.2 Å². The van der Waals surface area contributed by atoms with Crippen LogP contribution in [0.4, 0.5) is 10.5 Å². The molecule has 39 heavy (non-hydrogen) atoms. The first-order chi connectivity index (χ1) is 18.3. The maximum absolute atomic E-state index is 14.1. The molecule has 0 saturated carbocycles. The highest BCUT2D eigenvalue weighted by molar-refractivity contribution is 5.99. The van der Waals surface area contributed by atoms with Gasteiger partial charge in [0.1, 0.15) is 18.2 Å². The first-order valence-corrected chi connectivity index (χ1v) is 14.0. The molecular weight excluding hydrogens is 490 g/mol. The average Bonchev–Trinajstić information content (AvgIpc) is 2.84. The minimum atomic E-state index is -0.858. The summed E-state index contributed by atoms with van der Waals surface area (Å²) in [6, 6.07) is 11.0. The first kappa shape index (κ1) is 31.9. The molecule has 0 fully saturated rings. The Balaban J connectivity index is 2.46. The van der Waals surface area contributed by atoms with Crippen molar-refractivity contribution in [2.24, 2.45) is 0 Å². The Morgan fingerprint density at radius 2 is 1.54 bits per heavy atom. The molecule has 1 unspecified atom stereocenters. The normalized spacial score (nSPS) is 12.0. The Morgan fingerprint density at radius 3 is 2.15 bits per heavy atom. The van der Waals surface area contributed by atoms with Crippen molar-refractivity contribution in [3.8, 4) is 0 Å². The number of anilines is 1. The fraction of sp³-hybridized carbons (Fsp3) is 0.531. The lowest BCUT2D eigenvalue weighted by atomic mass is 9.96. The van der Waals surface area contributed by atoms with Crippen LogP contribution in [0.2, 0.25) is 0 Å². The predicted molar refractivity (Wildman–Crippen MR) is 158 cm³/mol. The molecule has 0 aliphatic heterocycles. The van der Waals surface area contributed by atoms with Crippen molar-refractivity contribution in [2.75, 3.05) is 18.4 Å². The van der Waals surface area contributed by atoms with E-state index in [1.165, 1.54) is 0 Å². The van der Waals surface area contributed by atoms with Crippen molar-refractivity contribution >= 4 is 23.6 Å². The quantitative estimate of drug-likeness (QED) is 0.288. The Labute approximate surface area is 234 Å². The number of hydrogen-bond donors (Lipinski definition) is 2. The fourth-order valence-corrected chi connectivity index (χ4v) is 4.56. The molecule has 2 aromatic rings. The third kappa shape index (κ3) is 10.0. The number of benzene rings is 2. The van der Waals surface area contributed by atoms with Crippen LogP contribution in [0, 0.1) is 27.7 Å². The van der Waals surface area contributed by atoms with Crippen molar-refractivity contribution in [3.63, 3.8) is 0 Å². The van der Waals surface area contributed by atoms with Crippen LogP contribution >= 0.6 is 0 Å². The molecule has 0 heterocycles. The van der Waals surface area contributed by atoms with Gasteiger partial charge in [0.15, 0.2) is 0 Å². The molecule has 2 aromatic carbocycles. The lowest BCUT2D eigenvalue weighted by Crippen LogP contribution is -2.47. The zero-order valence-corrected chi connectivity index (χ0v) is 25.1. The minimum absolute atomic E-state index is 0.262. The Kier molecular flexibility index (Phi) is 12.0. The van der Waals surface area contributed by atoms with E-state index in [-0.39, 0.29) is 18.4 Å². The number of carbonyl (C=O) groups is 3. The molecule has 0 aliphatic carbocycles. The van der Waals surface area contributed by atoms with Crippen LogP contribution in [0.25, 0.3) is 0 Å². The van der Waals surface area contributed by atoms with Gasteiger partial charge in [-0.05, 0) is 77.1 Å². The summed E-state index contributed by atoms with van der Waals surface area (Å²) >= 11 is 0. The number of unbranched alkanes of at least 4 members (excludes halogenated alkanes) is 4. The van der Waals surface area contributed by atoms with Gasteiger partial charge in [-0.2, -0.15) is 0 Å². The van der Waals surface area contributed by atoms with E-state index in [4.69, 9.17) is 4.74 Å². The maximum atomic E-state index is 14.1. The Morgan fingerprint density at radius 1 is 0.897 bits per heavy atom. The van der Waals surface area contributed by atoms with Crippen molar-refractivity contribution in [1.82, 2.24) is 10.2 Å². The summed E-state index contributed by atoms with van der Waals surface area (Å²) in [6.07, 6.45) is 4.36. The van der Waals surface area contributed by atoms with E-state index >= 15 is 0 Å². The summed E-state index contributed by atoms with van der Waals surface area (Å²) < 4.78 is 5.33.